The van der Waals surface area contributed by atoms with E-state index in [9.17, 15) is 4.79 Å². The van der Waals surface area contributed by atoms with Crippen LogP contribution in [0.1, 0.15) is 12.5 Å². The Morgan fingerprint density at radius 2 is 2.17 bits per heavy atom. The Bertz CT molecular complexity index is 549. The normalized spacial score (nSPS) is 12.3. The van der Waals surface area contributed by atoms with E-state index < -0.39 is 0 Å². The second-order valence-corrected chi connectivity index (χ2v) is 4.15. The SMILES string of the molecule is COC(=O)C(C)NCc1cncc2ccccc12. The van der Waals surface area contributed by atoms with Crippen LogP contribution in [0.5, 0.6) is 0 Å². The molecule has 1 aromatic carbocycles. The number of nitrogens with zero attached hydrogens (tertiary/aromatic N) is 1. The Hall–Kier alpha value is -1.94. The van der Waals surface area contributed by atoms with E-state index >= 15 is 0 Å². The number of rotatable bonds is 4. The standard InChI is InChI=1S/C14H16N2O2/c1-10(14(17)18-2)16-9-12-8-15-7-11-5-3-4-6-13(11)12/h3-8,10,16H,9H2,1-2H3. The molecule has 0 spiro atoms. The Labute approximate surface area is 106 Å². The molecule has 4 heteroatoms. The van der Waals surface area contributed by atoms with Crippen LogP contribution in [0.15, 0.2) is 36.7 Å². The highest BCUT2D eigenvalue weighted by molar-refractivity contribution is 5.84. The molecule has 0 radical (unpaired) electrons. The molecule has 1 N–H and O–H groups in total. The molecule has 0 amide bonds. The van der Waals surface area contributed by atoms with E-state index in [0.29, 0.717) is 6.54 Å². The molecule has 4 nitrogen and oxygen atoms in total. The minimum atomic E-state index is -0.325. The van der Waals surface area contributed by atoms with Gasteiger partial charge in [0.2, 0.25) is 0 Å². The zero-order valence-electron chi connectivity index (χ0n) is 10.5. The molecule has 94 valence electrons. The molecule has 0 aliphatic heterocycles. The van der Waals surface area contributed by atoms with Crippen molar-refractivity contribution in [1.82, 2.24) is 10.3 Å². The predicted octanol–water partition coefficient (Wildman–Crippen LogP) is 1.89. The van der Waals surface area contributed by atoms with Gasteiger partial charge in [0.05, 0.1) is 7.11 Å². The largest absolute Gasteiger partial charge is 0.468 e. The summed E-state index contributed by atoms with van der Waals surface area (Å²) in [5, 5.41) is 5.38. The molecule has 0 aliphatic rings. The maximum absolute atomic E-state index is 11.3. The van der Waals surface area contributed by atoms with Gasteiger partial charge in [0, 0.05) is 24.3 Å². The highest BCUT2D eigenvalue weighted by Gasteiger charge is 2.12. The summed E-state index contributed by atoms with van der Waals surface area (Å²) in [5.74, 6) is -0.261. The predicted molar refractivity (Wildman–Crippen MR) is 70.1 cm³/mol. The summed E-state index contributed by atoms with van der Waals surface area (Å²) in [4.78, 5) is 15.5. The number of benzene rings is 1. The summed E-state index contributed by atoms with van der Waals surface area (Å²) in [5.41, 5.74) is 1.07. The van der Waals surface area contributed by atoms with E-state index in [1.54, 1.807) is 6.92 Å². The maximum Gasteiger partial charge on any atom is 0.322 e. The van der Waals surface area contributed by atoms with Crippen LogP contribution in [0, 0.1) is 0 Å². The molecule has 1 atom stereocenters. The first-order valence-electron chi connectivity index (χ1n) is 5.85. The molecule has 2 rings (SSSR count). The molecule has 0 aliphatic carbocycles. The average molecular weight is 244 g/mol. The van der Waals surface area contributed by atoms with E-state index in [2.05, 4.69) is 21.1 Å². The van der Waals surface area contributed by atoms with E-state index in [4.69, 9.17) is 0 Å². The molecular weight excluding hydrogens is 228 g/mol. The van der Waals surface area contributed by atoms with Gasteiger partial charge in [-0.2, -0.15) is 0 Å². The lowest BCUT2D eigenvalue weighted by atomic mass is 10.1. The zero-order chi connectivity index (χ0) is 13.0. The molecule has 0 fully saturated rings. The first-order chi connectivity index (χ1) is 8.72. The van der Waals surface area contributed by atoms with Gasteiger partial charge in [-0.15, -0.1) is 0 Å². The fraction of sp³-hybridized carbons (Fsp3) is 0.286. The number of pyridine rings is 1. The monoisotopic (exact) mass is 244 g/mol. The lowest BCUT2D eigenvalue weighted by Crippen LogP contribution is -2.34. The summed E-state index contributed by atoms with van der Waals surface area (Å²) in [6.45, 7) is 2.37. The van der Waals surface area contributed by atoms with Crippen molar-refractivity contribution in [3.05, 3.63) is 42.2 Å². The molecule has 0 saturated heterocycles. The molecule has 1 heterocycles. The summed E-state index contributed by atoms with van der Waals surface area (Å²) in [6.07, 6.45) is 3.65. The van der Waals surface area contributed by atoms with Crippen LogP contribution in [0.2, 0.25) is 0 Å². The molecule has 1 aromatic heterocycles. The van der Waals surface area contributed by atoms with Crippen molar-refractivity contribution in [3.8, 4) is 0 Å². The van der Waals surface area contributed by atoms with Crippen molar-refractivity contribution in [2.45, 2.75) is 19.5 Å². The lowest BCUT2D eigenvalue weighted by Gasteiger charge is -2.12. The van der Waals surface area contributed by atoms with Gasteiger partial charge < -0.3 is 10.1 Å². The number of aromatic nitrogens is 1. The average Bonchev–Trinajstić information content (AvgIpc) is 2.43. The van der Waals surface area contributed by atoms with Gasteiger partial charge in [0.25, 0.3) is 0 Å². The highest BCUT2D eigenvalue weighted by atomic mass is 16.5. The fourth-order valence-corrected chi connectivity index (χ4v) is 1.84. The maximum atomic E-state index is 11.3. The third-order valence-electron chi connectivity index (χ3n) is 2.90. The van der Waals surface area contributed by atoms with Crippen LogP contribution in [-0.2, 0) is 16.1 Å². The van der Waals surface area contributed by atoms with E-state index in [1.807, 2.05) is 30.6 Å². The van der Waals surface area contributed by atoms with Crippen molar-refractivity contribution >= 4 is 16.7 Å². The topological polar surface area (TPSA) is 51.2 Å². The first-order valence-corrected chi connectivity index (χ1v) is 5.85. The van der Waals surface area contributed by atoms with Gasteiger partial charge in [0.15, 0.2) is 0 Å². The van der Waals surface area contributed by atoms with Gasteiger partial charge in [0.1, 0.15) is 6.04 Å². The van der Waals surface area contributed by atoms with E-state index in [1.165, 1.54) is 7.11 Å². The second kappa shape index (κ2) is 5.60. The third-order valence-corrected chi connectivity index (χ3v) is 2.90. The summed E-state index contributed by atoms with van der Waals surface area (Å²) in [6, 6.07) is 7.73. The van der Waals surface area contributed by atoms with Gasteiger partial charge in [-0.1, -0.05) is 24.3 Å². The number of nitrogens with one attached hydrogen (secondary N) is 1. The molecular formula is C14H16N2O2. The molecule has 18 heavy (non-hydrogen) atoms. The Morgan fingerprint density at radius 3 is 2.94 bits per heavy atom. The van der Waals surface area contributed by atoms with E-state index in [-0.39, 0.29) is 12.0 Å². The number of carbonyl (C=O) groups is 1. The van der Waals surface area contributed by atoms with Gasteiger partial charge in [-0.05, 0) is 17.9 Å². The Kier molecular flexibility index (Phi) is 3.89. The van der Waals surface area contributed by atoms with Crippen LogP contribution in [0.25, 0.3) is 10.8 Å². The van der Waals surface area contributed by atoms with E-state index in [0.717, 1.165) is 16.3 Å². The highest BCUT2D eigenvalue weighted by Crippen LogP contribution is 2.16. The number of carbonyl (C=O) groups excluding carboxylic acids is 1. The van der Waals surface area contributed by atoms with Crippen LogP contribution in [-0.4, -0.2) is 24.1 Å². The fourth-order valence-electron chi connectivity index (χ4n) is 1.84. The van der Waals surface area contributed by atoms with Crippen molar-refractivity contribution in [2.24, 2.45) is 0 Å². The van der Waals surface area contributed by atoms with Crippen molar-refractivity contribution < 1.29 is 9.53 Å². The van der Waals surface area contributed by atoms with Crippen molar-refractivity contribution in [2.75, 3.05) is 7.11 Å². The summed E-state index contributed by atoms with van der Waals surface area (Å²) < 4.78 is 4.67. The zero-order valence-corrected chi connectivity index (χ0v) is 10.5. The number of fused-ring (bicyclic) bond motifs is 1. The molecule has 2 aromatic rings. The molecule has 0 bridgehead atoms. The second-order valence-electron chi connectivity index (χ2n) is 4.15. The van der Waals surface area contributed by atoms with Crippen LogP contribution in [0.4, 0.5) is 0 Å². The minimum absolute atomic E-state index is 0.261. The molecule has 1 unspecified atom stereocenters. The van der Waals surface area contributed by atoms with Crippen LogP contribution < -0.4 is 5.32 Å². The number of hydrogen-bond donors (Lipinski definition) is 1. The first kappa shape index (κ1) is 12.5. The smallest absolute Gasteiger partial charge is 0.322 e. The van der Waals surface area contributed by atoms with Crippen molar-refractivity contribution in [3.63, 3.8) is 0 Å². The quantitative estimate of drug-likeness (QED) is 0.834. The Balaban J connectivity index is 2.15. The lowest BCUT2D eigenvalue weighted by molar-refractivity contribution is -0.142. The van der Waals surface area contributed by atoms with Gasteiger partial charge >= 0.3 is 5.97 Å². The van der Waals surface area contributed by atoms with Crippen LogP contribution >= 0.6 is 0 Å². The third kappa shape index (κ3) is 2.65. The number of ether oxygens (including phenoxy) is 1. The number of esters is 1. The Morgan fingerprint density at radius 1 is 1.39 bits per heavy atom. The summed E-state index contributed by atoms with van der Waals surface area (Å²) in [7, 11) is 1.39. The minimum Gasteiger partial charge on any atom is -0.468 e. The van der Waals surface area contributed by atoms with Gasteiger partial charge in [-0.3, -0.25) is 9.78 Å². The number of methoxy groups -OCH3 is 1. The van der Waals surface area contributed by atoms with Gasteiger partial charge in [-0.25, -0.2) is 0 Å². The molecule has 0 saturated carbocycles. The summed E-state index contributed by atoms with van der Waals surface area (Å²) >= 11 is 0. The van der Waals surface area contributed by atoms with Crippen LogP contribution in [0.3, 0.4) is 0 Å². The number of hydrogen-bond acceptors (Lipinski definition) is 4. The van der Waals surface area contributed by atoms with Crippen molar-refractivity contribution in [1.29, 1.82) is 0 Å².